The number of nitrogens with zero attached hydrogens (tertiary/aromatic N) is 2. The van der Waals surface area contributed by atoms with Crippen LogP contribution in [-0.2, 0) is 5.41 Å². The van der Waals surface area contributed by atoms with E-state index in [0.29, 0.717) is 12.0 Å². The first kappa shape index (κ1) is 14.5. The summed E-state index contributed by atoms with van der Waals surface area (Å²) in [6.45, 7) is 9.64. The Bertz CT molecular complexity index is 394. The normalized spacial score (nSPS) is 24.6. The molecule has 0 radical (unpaired) electrons. The van der Waals surface area contributed by atoms with E-state index in [1.807, 2.05) is 0 Å². The van der Waals surface area contributed by atoms with E-state index >= 15 is 0 Å². The fourth-order valence-corrected chi connectivity index (χ4v) is 2.69. The summed E-state index contributed by atoms with van der Waals surface area (Å²) in [4.78, 5) is 4.65. The third-order valence-corrected chi connectivity index (χ3v) is 3.85. The molecular weight excluding hydrogens is 238 g/mol. The van der Waals surface area contributed by atoms with Crippen molar-refractivity contribution < 1.29 is 4.52 Å². The van der Waals surface area contributed by atoms with Gasteiger partial charge in [-0.15, -0.1) is 0 Å². The van der Waals surface area contributed by atoms with E-state index in [-0.39, 0.29) is 5.41 Å². The molecule has 1 aliphatic carbocycles. The Balaban J connectivity index is 2.11. The second-order valence-electron chi connectivity index (χ2n) is 6.66. The summed E-state index contributed by atoms with van der Waals surface area (Å²) in [7, 11) is 0. The Kier molecular flexibility index (Phi) is 4.61. The Morgan fingerprint density at radius 3 is 2.63 bits per heavy atom. The quantitative estimate of drug-likeness (QED) is 0.906. The molecule has 1 N–H and O–H groups in total. The first-order chi connectivity index (χ1) is 9.02. The maximum absolute atomic E-state index is 5.54. The highest BCUT2D eigenvalue weighted by atomic mass is 16.5. The van der Waals surface area contributed by atoms with Gasteiger partial charge in [-0.2, -0.15) is 4.98 Å². The largest absolute Gasteiger partial charge is 0.339 e. The minimum Gasteiger partial charge on any atom is -0.339 e. The predicted octanol–water partition coefficient (Wildman–Crippen LogP) is 3.39. The molecule has 4 heteroatoms. The second kappa shape index (κ2) is 6.04. The van der Waals surface area contributed by atoms with Crippen molar-refractivity contribution in [2.24, 2.45) is 0 Å². The predicted molar refractivity (Wildman–Crippen MR) is 76.3 cm³/mol. The molecule has 0 saturated heterocycles. The molecule has 4 nitrogen and oxygen atoms in total. The van der Waals surface area contributed by atoms with Gasteiger partial charge in [0.2, 0.25) is 5.89 Å². The smallest absolute Gasteiger partial charge is 0.231 e. The molecule has 0 bridgehead atoms. The molecule has 0 aromatic carbocycles. The van der Waals surface area contributed by atoms with E-state index in [0.717, 1.165) is 24.7 Å². The summed E-state index contributed by atoms with van der Waals surface area (Å²) in [5.41, 5.74) is -0.0389. The molecular formula is C15H27N3O. The van der Waals surface area contributed by atoms with Gasteiger partial charge < -0.3 is 9.84 Å². The van der Waals surface area contributed by atoms with Crippen LogP contribution in [0.5, 0.6) is 0 Å². The molecule has 1 saturated carbocycles. The first-order valence-electron chi connectivity index (χ1n) is 7.60. The summed E-state index contributed by atoms with van der Waals surface area (Å²) < 4.78 is 5.54. The van der Waals surface area contributed by atoms with Gasteiger partial charge in [-0.25, -0.2) is 0 Å². The molecule has 108 valence electrons. The Morgan fingerprint density at radius 2 is 2.00 bits per heavy atom. The highest BCUT2D eigenvalue weighted by Gasteiger charge is 2.32. The van der Waals surface area contributed by atoms with Gasteiger partial charge in [0.05, 0.1) is 5.92 Å². The molecule has 19 heavy (non-hydrogen) atoms. The van der Waals surface area contributed by atoms with E-state index in [2.05, 4.69) is 43.2 Å². The van der Waals surface area contributed by atoms with E-state index < -0.39 is 0 Å². The van der Waals surface area contributed by atoms with Crippen LogP contribution in [0.15, 0.2) is 4.52 Å². The molecule has 2 atom stereocenters. The van der Waals surface area contributed by atoms with E-state index in [1.165, 1.54) is 25.7 Å². The average Bonchev–Trinajstić information content (AvgIpc) is 2.86. The lowest BCUT2D eigenvalue weighted by molar-refractivity contribution is 0.261. The van der Waals surface area contributed by atoms with Gasteiger partial charge >= 0.3 is 0 Å². The summed E-state index contributed by atoms with van der Waals surface area (Å²) >= 11 is 0. The molecule has 2 rings (SSSR count). The molecule has 2 unspecified atom stereocenters. The Labute approximate surface area is 116 Å². The first-order valence-corrected chi connectivity index (χ1v) is 7.60. The SMILES string of the molecule is CCCNC1CCCCC1c1nc(C(C)(C)C)no1. The third-order valence-electron chi connectivity index (χ3n) is 3.85. The molecule has 0 amide bonds. The van der Waals surface area contributed by atoms with E-state index in [4.69, 9.17) is 4.52 Å². The molecule has 0 aliphatic heterocycles. The molecule has 1 aromatic heterocycles. The van der Waals surface area contributed by atoms with Crippen molar-refractivity contribution >= 4 is 0 Å². The van der Waals surface area contributed by atoms with Crippen LogP contribution in [0, 0.1) is 0 Å². The van der Waals surface area contributed by atoms with Crippen molar-refractivity contribution in [3.8, 4) is 0 Å². The van der Waals surface area contributed by atoms with Gasteiger partial charge in [-0.05, 0) is 25.8 Å². The van der Waals surface area contributed by atoms with Crippen LogP contribution in [-0.4, -0.2) is 22.7 Å². The zero-order valence-corrected chi connectivity index (χ0v) is 12.7. The fourth-order valence-electron chi connectivity index (χ4n) is 2.69. The van der Waals surface area contributed by atoms with Crippen molar-refractivity contribution in [3.05, 3.63) is 11.7 Å². The summed E-state index contributed by atoms with van der Waals surface area (Å²) in [6, 6.07) is 0.502. The van der Waals surface area contributed by atoms with Crippen LogP contribution >= 0.6 is 0 Å². The van der Waals surface area contributed by atoms with Gasteiger partial charge in [0.1, 0.15) is 0 Å². The Hall–Kier alpha value is -0.900. The van der Waals surface area contributed by atoms with Gasteiger partial charge in [-0.1, -0.05) is 45.7 Å². The van der Waals surface area contributed by atoms with Crippen molar-refractivity contribution in [2.75, 3.05) is 6.54 Å². The van der Waals surface area contributed by atoms with Gasteiger partial charge in [0, 0.05) is 11.5 Å². The Morgan fingerprint density at radius 1 is 1.26 bits per heavy atom. The number of rotatable bonds is 4. The molecule has 1 fully saturated rings. The molecule has 1 heterocycles. The number of nitrogens with one attached hydrogen (secondary N) is 1. The zero-order chi connectivity index (χ0) is 13.9. The van der Waals surface area contributed by atoms with E-state index in [1.54, 1.807) is 0 Å². The number of hydrogen-bond acceptors (Lipinski definition) is 4. The second-order valence-corrected chi connectivity index (χ2v) is 6.66. The standard InChI is InChI=1S/C15H27N3O/c1-5-10-16-12-9-7-6-8-11(12)13-17-14(18-19-13)15(2,3)4/h11-12,16H,5-10H2,1-4H3. The van der Waals surface area contributed by atoms with E-state index in [9.17, 15) is 0 Å². The maximum atomic E-state index is 5.54. The topological polar surface area (TPSA) is 51.0 Å². The van der Waals surface area contributed by atoms with Crippen molar-refractivity contribution in [3.63, 3.8) is 0 Å². The zero-order valence-electron chi connectivity index (χ0n) is 12.7. The third kappa shape index (κ3) is 3.56. The van der Waals surface area contributed by atoms with Crippen LogP contribution in [0.4, 0.5) is 0 Å². The van der Waals surface area contributed by atoms with Crippen LogP contribution in [0.25, 0.3) is 0 Å². The van der Waals surface area contributed by atoms with Gasteiger partial charge in [-0.3, -0.25) is 0 Å². The summed E-state index contributed by atoms with van der Waals surface area (Å²) in [5, 5.41) is 7.80. The number of hydrogen-bond donors (Lipinski definition) is 1. The maximum Gasteiger partial charge on any atom is 0.231 e. The van der Waals surface area contributed by atoms with Crippen LogP contribution in [0.2, 0.25) is 0 Å². The summed E-state index contributed by atoms with van der Waals surface area (Å²) in [5.74, 6) is 2.05. The summed E-state index contributed by atoms with van der Waals surface area (Å²) in [6.07, 6.45) is 6.12. The van der Waals surface area contributed by atoms with Crippen molar-refractivity contribution in [2.45, 2.75) is 77.2 Å². The monoisotopic (exact) mass is 265 g/mol. The average molecular weight is 265 g/mol. The van der Waals surface area contributed by atoms with Crippen LogP contribution in [0.1, 0.15) is 77.4 Å². The van der Waals surface area contributed by atoms with Crippen LogP contribution < -0.4 is 5.32 Å². The van der Waals surface area contributed by atoms with Crippen molar-refractivity contribution in [1.82, 2.24) is 15.5 Å². The lowest BCUT2D eigenvalue weighted by atomic mass is 9.84. The lowest BCUT2D eigenvalue weighted by Crippen LogP contribution is -2.37. The minimum atomic E-state index is -0.0389. The van der Waals surface area contributed by atoms with Gasteiger partial charge in [0.15, 0.2) is 5.82 Å². The lowest BCUT2D eigenvalue weighted by Gasteiger charge is -2.29. The highest BCUT2D eigenvalue weighted by Crippen LogP contribution is 2.33. The van der Waals surface area contributed by atoms with Crippen molar-refractivity contribution in [1.29, 1.82) is 0 Å². The minimum absolute atomic E-state index is 0.0389. The fraction of sp³-hybridized carbons (Fsp3) is 0.867. The highest BCUT2D eigenvalue weighted by molar-refractivity contribution is 5.06. The molecule has 1 aliphatic rings. The number of aromatic nitrogens is 2. The van der Waals surface area contributed by atoms with Crippen LogP contribution in [0.3, 0.4) is 0 Å². The van der Waals surface area contributed by atoms with Gasteiger partial charge in [0.25, 0.3) is 0 Å². The molecule has 1 aromatic rings. The molecule has 0 spiro atoms.